The molecule has 1 aromatic heterocycles. The Balaban J connectivity index is 2.69. The summed E-state index contributed by atoms with van der Waals surface area (Å²) >= 11 is 0. The van der Waals surface area contributed by atoms with Gasteiger partial charge in [0.1, 0.15) is 6.20 Å². The highest BCUT2D eigenvalue weighted by Gasteiger charge is 2.19. The van der Waals surface area contributed by atoms with E-state index >= 15 is 0 Å². The summed E-state index contributed by atoms with van der Waals surface area (Å²) in [5.74, 6) is 0.0237. The lowest BCUT2D eigenvalue weighted by Gasteiger charge is -2.07. The second-order valence-corrected chi connectivity index (χ2v) is 4.04. The Labute approximate surface area is 104 Å². The molecule has 0 saturated carbocycles. The summed E-state index contributed by atoms with van der Waals surface area (Å²) in [5.41, 5.74) is 8.31. The van der Waals surface area contributed by atoms with Crippen LogP contribution in [-0.2, 0) is 0 Å². The van der Waals surface area contributed by atoms with Crippen LogP contribution >= 0.6 is 0 Å². The summed E-state index contributed by atoms with van der Waals surface area (Å²) in [6.07, 6.45) is 1.14. The largest absolute Gasteiger partial charge is 0.368 e. The Kier molecular flexibility index (Phi) is 2.93. The molecule has 18 heavy (non-hydrogen) atoms. The van der Waals surface area contributed by atoms with Crippen LogP contribution in [-0.4, -0.2) is 14.9 Å². The quantitative estimate of drug-likeness (QED) is 0.645. The zero-order valence-corrected chi connectivity index (χ0v) is 10.0. The van der Waals surface area contributed by atoms with E-state index in [-0.39, 0.29) is 17.3 Å². The van der Waals surface area contributed by atoms with Gasteiger partial charge in [-0.15, -0.1) is 0 Å². The Hall–Kier alpha value is -2.50. The molecule has 0 amide bonds. The van der Waals surface area contributed by atoms with E-state index < -0.39 is 4.92 Å². The third-order valence-corrected chi connectivity index (χ3v) is 2.62. The Morgan fingerprint density at radius 1 is 1.33 bits per heavy atom. The van der Waals surface area contributed by atoms with Crippen LogP contribution in [0.4, 0.5) is 11.6 Å². The molecule has 0 fully saturated rings. The molecule has 2 N–H and O–H groups in total. The smallest absolute Gasteiger partial charge is 0.313 e. The maximum atomic E-state index is 11.0. The summed E-state index contributed by atoms with van der Waals surface area (Å²) in [6, 6.07) is 5.63. The Morgan fingerprint density at radius 3 is 2.67 bits per heavy atom. The molecular formula is C12H12N4O2. The molecule has 1 aromatic carbocycles. The first-order valence-electron chi connectivity index (χ1n) is 5.33. The number of nitrogen functional groups attached to an aromatic ring is 1. The highest BCUT2D eigenvalue weighted by Crippen LogP contribution is 2.30. The number of benzene rings is 1. The minimum Gasteiger partial charge on any atom is -0.368 e. The lowest BCUT2D eigenvalue weighted by molar-refractivity contribution is -0.384. The molecule has 0 aliphatic carbocycles. The SMILES string of the molecule is Cc1ccc(-c2nc(N)ncc2[N+](=O)[O-])c(C)c1. The van der Waals surface area contributed by atoms with Gasteiger partial charge in [0.2, 0.25) is 5.95 Å². The van der Waals surface area contributed by atoms with Crippen molar-refractivity contribution >= 4 is 11.6 Å². The summed E-state index contributed by atoms with van der Waals surface area (Å²) < 4.78 is 0. The second kappa shape index (κ2) is 4.40. The number of aromatic nitrogens is 2. The fourth-order valence-corrected chi connectivity index (χ4v) is 1.80. The van der Waals surface area contributed by atoms with Crippen molar-refractivity contribution in [2.75, 3.05) is 5.73 Å². The molecule has 6 heteroatoms. The van der Waals surface area contributed by atoms with E-state index in [1.807, 2.05) is 26.0 Å². The van der Waals surface area contributed by atoms with Crippen LogP contribution in [0.1, 0.15) is 11.1 Å². The van der Waals surface area contributed by atoms with Crippen molar-refractivity contribution in [1.82, 2.24) is 9.97 Å². The third kappa shape index (κ3) is 2.13. The van der Waals surface area contributed by atoms with Crippen LogP contribution in [0, 0.1) is 24.0 Å². The molecule has 0 bridgehead atoms. The highest BCUT2D eigenvalue weighted by atomic mass is 16.6. The third-order valence-electron chi connectivity index (χ3n) is 2.62. The van der Waals surface area contributed by atoms with Crippen LogP contribution in [0.25, 0.3) is 11.3 Å². The molecule has 0 unspecified atom stereocenters. The Morgan fingerprint density at radius 2 is 2.06 bits per heavy atom. The fraction of sp³-hybridized carbons (Fsp3) is 0.167. The highest BCUT2D eigenvalue weighted by molar-refractivity contribution is 5.72. The first-order valence-corrected chi connectivity index (χ1v) is 5.33. The van der Waals surface area contributed by atoms with Crippen LogP contribution in [0.5, 0.6) is 0 Å². The van der Waals surface area contributed by atoms with E-state index in [4.69, 9.17) is 5.73 Å². The molecular weight excluding hydrogens is 232 g/mol. The average Bonchev–Trinajstić information content (AvgIpc) is 2.28. The lowest BCUT2D eigenvalue weighted by atomic mass is 10.0. The van der Waals surface area contributed by atoms with Crippen molar-refractivity contribution in [2.45, 2.75) is 13.8 Å². The van der Waals surface area contributed by atoms with Gasteiger partial charge in [0.15, 0.2) is 5.69 Å². The summed E-state index contributed by atoms with van der Waals surface area (Å²) in [5, 5.41) is 11.0. The van der Waals surface area contributed by atoms with Crippen molar-refractivity contribution in [3.05, 3.63) is 45.6 Å². The van der Waals surface area contributed by atoms with Crippen molar-refractivity contribution in [3.8, 4) is 11.3 Å². The van der Waals surface area contributed by atoms with Gasteiger partial charge in [-0.05, 0) is 19.4 Å². The van der Waals surface area contributed by atoms with Crippen molar-refractivity contribution in [1.29, 1.82) is 0 Å². The molecule has 0 aliphatic rings. The maximum absolute atomic E-state index is 11.0. The lowest BCUT2D eigenvalue weighted by Crippen LogP contribution is -2.02. The van der Waals surface area contributed by atoms with E-state index in [2.05, 4.69) is 9.97 Å². The molecule has 0 spiro atoms. The van der Waals surface area contributed by atoms with Crippen LogP contribution < -0.4 is 5.73 Å². The zero-order chi connectivity index (χ0) is 13.3. The molecule has 0 radical (unpaired) electrons. The van der Waals surface area contributed by atoms with Gasteiger partial charge in [0, 0.05) is 5.56 Å². The van der Waals surface area contributed by atoms with Gasteiger partial charge < -0.3 is 5.73 Å². The first-order chi connectivity index (χ1) is 8.49. The van der Waals surface area contributed by atoms with Gasteiger partial charge in [0.05, 0.1) is 4.92 Å². The topological polar surface area (TPSA) is 94.9 Å². The van der Waals surface area contributed by atoms with Gasteiger partial charge in [-0.25, -0.2) is 9.97 Å². The van der Waals surface area contributed by atoms with Gasteiger partial charge in [-0.3, -0.25) is 10.1 Å². The van der Waals surface area contributed by atoms with Crippen molar-refractivity contribution in [2.24, 2.45) is 0 Å². The van der Waals surface area contributed by atoms with E-state index in [0.717, 1.165) is 17.3 Å². The molecule has 0 atom stereocenters. The zero-order valence-electron chi connectivity index (χ0n) is 10.0. The van der Waals surface area contributed by atoms with E-state index in [0.29, 0.717) is 5.56 Å². The molecule has 0 saturated heterocycles. The standard InChI is InChI=1S/C12H12N4O2/c1-7-3-4-9(8(2)5-7)11-10(16(17)18)6-14-12(13)15-11/h3-6H,1-2H3,(H2,13,14,15). The van der Waals surface area contributed by atoms with E-state index in [9.17, 15) is 10.1 Å². The Bertz CT molecular complexity index is 625. The van der Waals surface area contributed by atoms with Crippen molar-refractivity contribution in [3.63, 3.8) is 0 Å². The first kappa shape index (κ1) is 12.0. The molecule has 0 aliphatic heterocycles. The van der Waals surface area contributed by atoms with E-state index in [1.165, 1.54) is 0 Å². The van der Waals surface area contributed by atoms with Crippen LogP contribution in [0.2, 0.25) is 0 Å². The second-order valence-electron chi connectivity index (χ2n) is 4.04. The predicted molar refractivity (Wildman–Crippen MR) is 68.0 cm³/mol. The van der Waals surface area contributed by atoms with Crippen LogP contribution in [0.15, 0.2) is 24.4 Å². The number of hydrogen-bond acceptors (Lipinski definition) is 5. The minimum atomic E-state index is -0.506. The van der Waals surface area contributed by atoms with Crippen LogP contribution in [0.3, 0.4) is 0 Å². The van der Waals surface area contributed by atoms with Gasteiger partial charge in [-0.2, -0.15) is 0 Å². The maximum Gasteiger partial charge on any atom is 0.313 e. The number of aryl methyl sites for hydroxylation is 2. The molecule has 2 rings (SSSR count). The van der Waals surface area contributed by atoms with Crippen molar-refractivity contribution < 1.29 is 4.92 Å². The molecule has 6 nitrogen and oxygen atoms in total. The van der Waals surface area contributed by atoms with Gasteiger partial charge >= 0.3 is 5.69 Å². The number of anilines is 1. The minimum absolute atomic E-state index is 0.0237. The number of nitrogens with two attached hydrogens (primary N) is 1. The number of nitro groups is 1. The normalized spacial score (nSPS) is 10.3. The summed E-state index contributed by atoms with van der Waals surface area (Å²) in [4.78, 5) is 18.1. The molecule has 2 aromatic rings. The molecule has 1 heterocycles. The summed E-state index contributed by atoms with van der Waals surface area (Å²) in [7, 11) is 0. The monoisotopic (exact) mass is 244 g/mol. The number of nitrogens with zero attached hydrogens (tertiary/aromatic N) is 3. The van der Waals surface area contributed by atoms with E-state index in [1.54, 1.807) is 6.07 Å². The number of hydrogen-bond donors (Lipinski definition) is 1. The average molecular weight is 244 g/mol. The van der Waals surface area contributed by atoms with Gasteiger partial charge in [0.25, 0.3) is 0 Å². The predicted octanol–water partition coefficient (Wildman–Crippen LogP) is 2.25. The number of rotatable bonds is 2. The fourth-order valence-electron chi connectivity index (χ4n) is 1.80. The molecule has 92 valence electrons. The summed E-state index contributed by atoms with van der Waals surface area (Å²) in [6.45, 7) is 3.84. The van der Waals surface area contributed by atoms with Gasteiger partial charge in [-0.1, -0.05) is 23.8 Å².